The van der Waals surface area contributed by atoms with Crippen molar-refractivity contribution in [3.05, 3.63) is 60.4 Å². The number of carbonyl (C=O) groups excluding carboxylic acids is 1. The molecule has 0 bridgehead atoms. The summed E-state index contributed by atoms with van der Waals surface area (Å²) in [5.74, 6) is 0.272. The second-order valence-corrected chi connectivity index (χ2v) is 7.03. The summed E-state index contributed by atoms with van der Waals surface area (Å²) in [4.78, 5) is 18.9. The van der Waals surface area contributed by atoms with Crippen LogP contribution in [0.25, 0.3) is 17.0 Å². The number of ether oxygens (including phenoxy) is 1. The summed E-state index contributed by atoms with van der Waals surface area (Å²) in [6, 6.07) is 13.9. The molecule has 1 aromatic carbocycles. The zero-order chi connectivity index (χ0) is 20.8. The molecule has 0 unspecified atom stereocenters. The number of pyridine rings is 1. The third-order valence-electron chi connectivity index (χ3n) is 5.07. The van der Waals surface area contributed by atoms with Gasteiger partial charge in [-0.05, 0) is 24.3 Å². The van der Waals surface area contributed by atoms with Gasteiger partial charge in [-0.25, -0.2) is 4.98 Å². The minimum absolute atomic E-state index is 0.240. The summed E-state index contributed by atoms with van der Waals surface area (Å²) in [5, 5.41) is 12.7. The van der Waals surface area contributed by atoms with E-state index in [4.69, 9.17) is 10.00 Å². The van der Waals surface area contributed by atoms with Crippen LogP contribution in [-0.2, 0) is 16.1 Å². The third-order valence-corrected chi connectivity index (χ3v) is 5.07. The molecule has 0 saturated carbocycles. The molecule has 1 amide bonds. The molecular formula is C23H23N5O2. The molecule has 2 aromatic heterocycles. The Morgan fingerprint density at radius 2 is 2.07 bits per heavy atom. The van der Waals surface area contributed by atoms with Gasteiger partial charge < -0.3 is 19.5 Å². The molecule has 7 heteroatoms. The van der Waals surface area contributed by atoms with Crippen LogP contribution >= 0.6 is 0 Å². The highest BCUT2D eigenvalue weighted by atomic mass is 16.5. The number of carbonyl (C=O) groups is 1. The number of benzene rings is 1. The summed E-state index contributed by atoms with van der Waals surface area (Å²) < 4.78 is 7.41. The lowest BCUT2D eigenvalue weighted by molar-refractivity contribution is -0.111. The molecule has 30 heavy (non-hydrogen) atoms. The topological polar surface area (TPSA) is 83.2 Å². The Labute approximate surface area is 175 Å². The minimum Gasteiger partial charge on any atom is -0.378 e. The maximum atomic E-state index is 12.4. The standard InChI is InChI=1S/C23H23N5O2/c24-10-3-11-28-17-18(20-4-1-2-5-21(20)28)6-9-23(29)26-22-8-7-19(16-25-22)27-12-14-30-15-13-27/h1-2,4-9,16-17H,3,11-15H2,(H,25,26,29). The Morgan fingerprint density at radius 3 is 2.83 bits per heavy atom. The predicted octanol–water partition coefficient (Wildman–Crippen LogP) is 3.44. The Hall–Kier alpha value is -3.63. The first-order chi connectivity index (χ1) is 14.7. The predicted molar refractivity (Wildman–Crippen MR) is 117 cm³/mol. The zero-order valence-electron chi connectivity index (χ0n) is 16.6. The van der Waals surface area contributed by atoms with Crippen LogP contribution in [0, 0.1) is 11.3 Å². The van der Waals surface area contributed by atoms with Crippen molar-refractivity contribution < 1.29 is 9.53 Å². The number of nitrogens with zero attached hydrogens (tertiary/aromatic N) is 4. The van der Waals surface area contributed by atoms with Gasteiger partial charge in [0.15, 0.2) is 0 Å². The fourth-order valence-electron chi connectivity index (χ4n) is 3.57. The molecule has 1 fully saturated rings. The summed E-state index contributed by atoms with van der Waals surface area (Å²) in [7, 11) is 0. The molecule has 4 rings (SSSR count). The van der Waals surface area contributed by atoms with Crippen molar-refractivity contribution >= 4 is 34.4 Å². The van der Waals surface area contributed by atoms with Gasteiger partial charge in [0.25, 0.3) is 0 Å². The Bertz CT molecular complexity index is 1090. The SMILES string of the molecule is N#CCCn1cc(C=CC(=O)Nc2ccc(N3CCOCC3)cn2)c2ccccc21. The molecular weight excluding hydrogens is 378 g/mol. The van der Waals surface area contributed by atoms with Crippen LogP contribution < -0.4 is 10.2 Å². The van der Waals surface area contributed by atoms with Crippen molar-refractivity contribution in [2.24, 2.45) is 0 Å². The molecule has 1 saturated heterocycles. The molecule has 1 N–H and O–H groups in total. The number of morpholine rings is 1. The van der Waals surface area contributed by atoms with Crippen LogP contribution in [0.5, 0.6) is 0 Å². The normalized spacial score (nSPS) is 14.2. The van der Waals surface area contributed by atoms with Gasteiger partial charge in [0.1, 0.15) is 5.82 Å². The molecule has 7 nitrogen and oxygen atoms in total. The number of aryl methyl sites for hydroxylation is 1. The van der Waals surface area contributed by atoms with Crippen LogP contribution in [0.15, 0.2) is 54.9 Å². The summed E-state index contributed by atoms with van der Waals surface area (Å²) in [6.07, 6.45) is 7.49. The molecule has 0 radical (unpaired) electrons. The van der Waals surface area contributed by atoms with Crippen molar-refractivity contribution in [2.45, 2.75) is 13.0 Å². The quantitative estimate of drug-likeness (QED) is 0.640. The number of hydrogen-bond acceptors (Lipinski definition) is 5. The fraction of sp³-hybridized carbons (Fsp3) is 0.261. The Morgan fingerprint density at radius 1 is 1.23 bits per heavy atom. The second-order valence-electron chi connectivity index (χ2n) is 7.03. The van der Waals surface area contributed by atoms with Gasteiger partial charge in [0.2, 0.25) is 5.91 Å². The number of hydrogen-bond donors (Lipinski definition) is 1. The van der Waals surface area contributed by atoms with Gasteiger partial charge in [-0.15, -0.1) is 0 Å². The number of rotatable bonds is 6. The average molecular weight is 401 g/mol. The van der Waals surface area contributed by atoms with Gasteiger partial charge in [-0.3, -0.25) is 4.79 Å². The Kier molecular flexibility index (Phi) is 6.06. The van der Waals surface area contributed by atoms with Crippen LogP contribution in [0.4, 0.5) is 11.5 Å². The first-order valence-corrected chi connectivity index (χ1v) is 9.97. The van der Waals surface area contributed by atoms with Gasteiger partial charge in [-0.2, -0.15) is 5.26 Å². The van der Waals surface area contributed by atoms with Crippen molar-refractivity contribution in [1.82, 2.24) is 9.55 Å². The molecule has 1 aliphatic heterocycles. The number of fused-ring (bicyclic) bond motifs is 1. The lowest BCUT2D eigenvalue weighted by Gasteiger charge is -2.28. The van der Waals surface area contributed by atoms with E-state index in [0.717, 1.165) is 48.5 Å². The molecule has 3 heterocycles. The van der Waals surface area contributed by atoms with Gasteiger partial charge >= 0.3 is 0 Å². The van der Waals surface area contributed by atoms with Crippen molar-refractivity contribution in [3.63, 3.8) is 0 Å². The highest BCUT2D eigenvalue weighted by Crippen LogP contribution is 2.23. The number of nitriles is 1. The van der Waals surface area contributed by atoms with Crippen LogP contribution in [0.1, 0.15) is 12.0 Å². The number of nitrogens with one attached hydrogen (secondary N) is 1. The first kappa shape index (κ1) is 19.7. The number of para-hydroxylation sites is 1. The molecule has 0 spiro atoms. The highest BCUT2D eigenvalue weighted by molar-refractivity contribution is 6.03. The lowest BCUT2D eigenvalue weighted by Crippen LogP contribution is -2.36. The van der Waals surface area contributed by atoms with Crippen LogP contribution in [0.3, 0.4) is 0 Å². The molecule has 152 valence electrons. The van der Waals surface area contributed by atoms with E-state index in [9.17, 15) is 4.79 Å². The number of aromatic nitrogens is 2. The summed E-state index contributed by atoms with van der Waals surface area (Å²) >= 11 is 0. The Balaban J connectivity index is 1.43. The van der Waals surface area contributed by atoms with E-state index in [1.807, 2.05) is 47.2 Å². The fourth-order valence-corrected chi connectivity index (χ4v) is 3.57. The van der Waals surface area contributed by atoms with E-state index in [-0.39, 0.29) is 5.91 Å². The molecule has 0 atom stereocenters. The van der Waals surface area contributed by atoms with Gasteiger partial charge in [-0.1, -0.05) is 18.2 Å². The van der Waals surface area contributed by atoms with E-state index in [2.05, 4.69) is 21.3 Å². The largest absolute Gasteiger partial charge is 0.378 e. The highest BCUT2D eigenvalue weighted by Gasteiger charge is 2.11. The zero-order valence-corrected chi connectivity index (χ0v) is 16.6. The molecule has 3 aromatic rings. The maximum Gasteiger partial charge on any atom is 0.249 e. The average Bonchev–Trinajstić information content (AvgIpc) is 3.15. The summed E-state index contributed by atoms with van der Waals surface area (Å²) in [5.41, 5.74) is 3.01. The van der Waals surface area contributed by atoms with E-state index in [1.54, 1.807) is 12.3 Å². The minimum atomic E-state index is -0.240. The third kappa shape index (κ3) is 4.50. The smallest absolute Gasteiger partial charge is 0.249 e. The maximum absolute atomic E-state index is 12.4. The lowest BCUT2D eigenvalue weighted by atomic mass is 10.1. The van der Waals surface area contributed by atoms with Crippen molar-refractivity contribution in [1.29, 1.82) is 5.26 Å². The van der Waals surface area contributed by atoms with Gasteiger partial charge in [0.05, 0.1) is 37.6 Å². The molecule has 1 aliphatic rings. The van der Waals surface area contributed by atoms with Crippen LogP contribution in [-0.4, -0.2) is 41.8 Å². The van der Waals surface area contributed by atoms with E-state index >= 15 is 0 Å². The van der Waals surface area contributed by atoms with Crippen molar-refractivity contribution in [2.75, 3.05) is 36.5 Å². The summed E-state index contributed by atoms with van der Waals surface area (Å²) in [6.45, 7) is 3.75. The van der Waals surface area contributed by atoms with Gasteiger partial charge in [0, 0.05) is 48.4 Å². The van der Waals surface area contributed by atoms with Crippen molar-refractivity contribution in [3.8, 4) is 6.07 Å². The monoisotopic (exact) mass is 401 g/mol. The van der Waals surface area contributed by atoms with Crippen LogP contribution in [0.2, 0.25) is 0 Å². The number of anilines is 2. The molecule has 0 aliphatic carbocycles. The number of amides is 1. The van der Waals surface area contributed by atoms with E-state index < -0.39 is 0 Å². The first-order valence-electron chi connectivity index (χ1n) is 9.97. The van der Waals surface area contributed by atoms with E-state index in [0.29, 0.717) is 18.8 Å². The second kappa shape index (κ2) is 9.25. The van der Waals surface area contributed by atoms with E-state index in [1.165, 1.54) is 6.08 Å².